The number of aryl methyl sites for hydroxylation is 1. The molecule has 13 heteroatoms. The van der Waals surface area contributed by atoms with Crippen LogP contribution in [0.5, 0.6) is 5.75 Å². The molecule has 0 radical (unpaired) electrons. The second-order valence-electron chi connectivity index (χ2n) is 7.83. The topological polar surface area (TPSA) is 183 Å². The van der Waals surface area contributed by atoms with Crippen molar-refractivity contribution in [1.29, 1.82) is 0 Å². The van der Waals surface area contributed by atoms with Gasteiger partial charge in [-0.25, -0.2) is 9.97 Å². The molecule has 4 N–H and O–H groups in total. The van der Waals surface area contributed by atoms with Crippen LogP contribution in [0, 0.1) is 6.92 Å². The second kappa shape index (κ2) is 10.1. The van der Waals surface area contributed by atoms with E-state index in [1.165, 1.54) is 37.3 Å². The van der Waals surface area contributed by atoms with Crippen molar-refractivity contribution in [3.63, 3.8) is 0 Å². The monoisotopic (exact) mass is 520 g/mol. The first-order valence-electron chi connectivity index (χ1n) is 10.7. The van der Waals surface area contributed by atoms with Crippen molar-refractivity contribution in [2.24, 2.45) is 10.2 Å². The van der Waals surface area contributed by atoms with Gasteiger partial charge in [-0.15, -0.1) is 10.2 Å². The predicted octanol–water partition coefficient (Wildman–Crippen LogP) is 4.52. The summed E-state index contributed by atoms with van der Waals surface area (Å²) in [6, 6.07) is 13.1. The van der Waals surface area contributed by atoms with E-state index in [2.05, 4.69) is 30.8 Å². The summed E-state index contributed by atoms with van der Waals surface area (Å²) in [6.07, 6.45) is 1.57. The first-order chi connectivity index (χ1) is 17.5. The molecular formula is C24H20N6O6S. The smallest absolute Gasteiger partial charge is 0.296 e. The van der Waals surface area contributed by atoms with Gasteiger partial charge in [-0.1, -0.05) is 6.07 Å². The molecule has 2 amide bonds. The number of carbonyl (C=O) groups excluding carboxylic acids is 2. The number of aromatic hydroxyl groups is 1. The van der Waals surface area contributed by atoms with E-state index in [0.29, 0.717) is 11.5 Å². The molecule has 0 unspecified atom stereocenters. The number of nitrogens with zero attached hydrogens (tertiary/aromatic N) is 4. The minimum Gasteiger partial charge on any atom is -0.507 e. The first-order valence-corrected chi connectivity index (χ1v) is 12.1. The van der Waals surface area contributed by atoms with E-state index in [1.54, 1.807) is 31.3 Å². The number of phenolic OH excluding ortho intramolecular Hbond substituents is 1. The summed E-state index contributed by atoms with van der Waals surface area (Å²) in [7, 11) is -4.76. The summed E-state index contributed by atoms with van der Waals surface area (Å²) >= 11 is 0. The van der Waals surface area contributed by atoms with E-state index in [9.17, 15) is 27.7 Å². The van der Waals surface area contributed by atoms with Gasteiger partial charge in [0.1, 0.15) is 21.8 Å². The molecule has 12 nitrogen and oxygen atoms in total. The lowest BCUT2D eigenvalue weighted by Crippen LogP contribution is -2.17. The average molecular weight is 521 g/mol. The number of fused-ring (bicyclic) bond motifs is 1. The first kappa shape index (κ1) is 25.3. The number of amides is 2. The van der Waals surface area contributed by atoms with Gasteiger partial charge >= 0.3 is 0 Å². The van der Waals surface area contributed by atoms with Crippen LogP contribution >= 0.6 is 0 Å². The molecule has 2 aromatic heterocycles. The third-order valence-corrected chi connectivity index (χ3v) is 6.01. The van der Waals surface area contributed by atoms with E-state index >= 15 is 0 Å². The molecule has 188 valence electrons. The van der Waals surface area contributed by atoms with Crippen LogP contribution in [-0.4, -0.2) is 39.9 Å². The Morgan fingerprint density at radius 2 is 1.78 bits per heavy atom. The Morgan fingerprint density at radius 1 is 1.00 bits per heavy atom. The normalized spacial score (nSPS) is 11.5. The van der Waals surface area contributed by atoms with Gasteiger partial charge in [-0.3, -0.25) is 14.1 Å². The number of phenols is 1. The van der Waals surface area contributed by atoms with E-state index in [4.69, 9.17) is 0 Å². The van der Waals surface area contributed by atoms with Crippen LogP contribution in [0.15, 0.2) is 75.9 Å². The summed E-state index contributed by atoms with van der Waals surface area (Å²) in [6.45, 7) is 2.79. The zero-order valence-corrected chi connectivity index (χ0v) is 20.3. The van der Waals surface area contributed by atoms with Crippen molar-refractivity contribution in [2.45, 2.75) is 18.7 Å². The Hall–Kier alpha value is -4.75. The Labute approximate surface area is 210 Å². The van der Waals surface area contributed by atoms with Crippen LogP contribution in [0.3, 0.4) is 0 Å². The number of azo groups is 1. The van der Waals surface area contributed by atoms with Crippen molar-refractivity contribution in [3.8, 4) is 5.75 Å². The molecular weight excluding hydrogens is 500 g/mol. The molecule has 4 rings (SSSR count). The second-order valence-corrected chi connectivity index (χ2v) is 9.22. The van der Waals surface area contributed by atoms with E-state index in [0.717, 1.165) is 6.07 Å². The fraction of sp³-hybridized carbons (Fsp3) is 0.0833. The van der Waals surface area contributed by atoms with Crippen molar-refractivity contribution < 1.29 is 27.7 Å². The Kier molecular flexibility index (Phi) is 6.91. The number of benzene rings is 2. The van der Waals surface area contributed by atoms with Gasteiger partial charge in [0.25, 0.3) is 16.0 Å². The molecule has 4 aromatic rings. The number of nitrogens with one attached hydrogen (secondary N) is 2. The number of pyridine rings is 2. The van der Waals surface area contributed by atoms with Gasteiger partial charge in [0.2, 0.25) is 5.91 Å². The van der Waals surface area contributed by atoms with Crippen LogP contribution in [-0.2, 0) is 14.9 Å². The third kappa shape index (κ3) is 5.74. The van der Waals surface area contributed by atoms with Gasteiger partial charge in [0.05, 0.1) is 16.9 Å². The lowest BCUT2D eigenvalue weighted by molar-refractivity contribution is -0.114. The third-order valence-electron chi connectivity index (χ3n) is 5.11. The maximum atomic E-state index is 13.1. The molecule has 2 heterocycles. The summed E-state index contributed by atoms with van der Waals surface area (Å²) in [5, 5.41) is 23.7. The summed E-state index contributed by atoms with van der Waals surface area (Å²) < 4.78 is 33.5. The van der Waals surface area contributed by atoms with Crippen molar-refractivity contribution in [3.05, 3.63) is 72.1 Å². The van der Waals surface area contributed by atoms with Crippen LogP contribution < -0.4 is 10.6 Å². The van der Waals surface area contributed by atoms with Crippen molar-refractivity contribution in [1.82, 2.24) is 9.97 Å². The van der Waals surface area contributed by atoms with Crippen LogP contribution in [0.1, 0.15) is 23.0 Å². The van der Waals surface area contributed by atoms with Crippen LogP contribution in [0.2, 0.25) is 0 Å². The molecule has 2 aromatic carbocycles. The average Bonchev–Trinajstić information content (AvgIpc) is 2.84. The molecule has 0 spiro atoms. The van der Waals surface area contributed by atoms with Gasteiger partial charge in [-0.2, -0.15) is 8.42 Å². The maximum absolute atomic E-state index is 13.1. The van der Waals surface area contributed by atoms with Gasteiger partial charge in [0.15, 0.2) is 5.82 Å². The molecule has 0 saturated heterocycles. The molecule has 0 bridgehead atoms. The zero-order valence-electron chi connectivity index (χ0n) is 19.5. The van der Waals surface area contributed by atoms with Crippen LogP contribution in [0.25, 0.3) is 10.9 Å². The van der Waals surface area contributed by atoms with Crippen LogP contribution in [0.4, 0.5) is 22.9 Å². The van der Waals surface area contributed by atoms with E-state index < -0.39 is 26.8 Å². The summed E-state index contributed by atoms with van der Waals surface area (Å²) in [4.78, 5) is 32.3. The Morgan fingerprint density at radius 3 is 2.46 bits per heavy atom. The Bertz CT molecular complexity index is 1670. The highest BCUT2D eigenvalue weighted by molar-refractivity contribution is 7.86. The van der Waals surface area contributed by atoms with E-state index in [-0.39, 0.29) is 39.3 Å². The van der Waals surface area contributed by atoms with Crippen molar-refractivity contribution in [2.75, 3.05) is 10.6 Å². The highest BCUT2D eigenvalue weighted by Crippen LogP contribution is 2.34. The SMILES string of the molecule is CC(=O)Nc1ccc(NC(=O)c2cc3c(O)ccc(N=Nc4ccccn4)c3nc2C)c(S(=O)(=O)O)c1. The number of rotatable bonds is 6. The molecule has 37 heavy (non-hydrogen) atoms. The number of carbonyl (C=O) groups is 2. The highest BCUT2D eigenvalue weighted by atomic mass is 32.2. The van der Waals surface area contributed by atoms with Gasteiger partial charge < -0.3 is 15.7 Å². The largest absolute Gasteiger partial charge is 0.507 e. The molecule has 0 aliphatic carbocycles. The molecule has 0 aliphatic rings. The molecule has 0 saturated carbocycles. The van der Waals surface area contributed by atoms with Gasteiger partial charge in [0, 0.05) is 24.2 Å². The van der Waals surface area contributed by atoms with Crippen molar-refractivity contribution >= 4 is 55.7 Å². The number of aromatic nitrogens is 2. The maximum Gasteiger partial charge on any atom is 0.296 e. The summed E-state index contributed by atoms with van der Waals surface area (Å²) in [5.41, 5.74) is 0.798. The summed E-state index contributed by atoms with van der Waals surface area (Å²) in [5.74, 6) is -0.985. The minimum absolute atomic E-state index is 0.0360. The Balaban J connectivity index is 1.72. The lowest BCUT2D eigenvalue weighted by atomic mass is 10.1. The number of hydrogen-bond donors (Lipinski definition) is 4. The quantitative estimate of drug-likeness (QED) is 0.211. The molecule has 0 atom stereocenters. The molecule has 0 aliphatic heterocycles. The fourth-order valence-electron chi connectivity index (χ4n) is 3.46. The minimum atomic E-state index is -4.76. The van der Waals surface area contributed by atoms with Gasteiger partial charge in [-0.05, 0) is 55.5 Å². The lowest BCUT2D eigenvalue weighted by Gasteiger charge is -2.13. The predicted molar refractivity (Wildman–Crippen MR) is 135 cm³/mol. The van der Waals surface area contributed by atoms with E-state index in [1.807, 2.05) is 0 Å². The number of hydrogen-bond acceptors (Lipinski definition) is 9. The zero-order chi connectivity index (χ0) is 26.7. The highest BCUT2D eigenvalue weighted by Gasteiger charge is 2.21. The fourth-order valence-corrected chi connectivity index (χ4v) is 4.13. The standard InChI is InChI=1S/C24H20N6O6S/c1-13-16(24(33)28-18-7-6-15(27-14(2)31)11-21(18)37(34,35)36)12-17-20(32)9-8-19(23(17)26-13)29-30-22-5-3-4-10-25-22/h3-12,32H,1-2H3,(H,27,31)(H,28,33)(H,34,35,36). The molecule has 0 fully saturated rings. The number of anilines is 2.